The van der Waals surface area contributed by atoms with Gasteiger partial charge in [0.25, 0.3) is 6.43 Å². The first-order valence-electron chi connectivity index (χ1n) is 4.92. The SMILES string of the molecule is Fc1cccc(-c2cccc(Br)c2C(F)F)c1. The maximum atomic E-state index is 13.1. The van der Waals surface area contributed by atoms with Gasteiger partial charge in [0.2, 0.25) is 0 Å². The van der Waals surface area contributed by atoms with E-state index in [1.807, 2.05) is 0 Å². The third kappa shape index (κ3) is 2.52. The van der Waals surface area contributed by atoms with Crippen molar-refractivity contribution in [3.8, 4) is 11.1 Å². The number of hydrogen-bond acceptors (Lipinski definition) is 0. The zero-order valence-electron chi connectivity index (χ0n) is 8.63. The Labute approximate surface area is 105 Å². The van der Waals surface area contributed by atoms with Crippen LogP contribution in [0.15, 0.2) is 46.9 Å². The van der Waals surface area contributed by atoms with Crippen molar-refractivity contribution >= 4 is 15.9 Å². The van der Waals surface area contributed by atoms with Gasteiger partial charge in [0, 0.05) is 10.0 Å². The molecule has 2 aromatic carbocycles. The van der Waals surface area contributed by atoms with Crippen molar-refractivity contribution in [2.24, 2.45) is 0 Å². The summed E-state index contributed by atoms with van der Waals surface area (Å²) in [6, 6.07) is 10.4. The van der Waals surface area contributed by atoms with Crippen LogP contribution in [0.3, 0.4) is 0 Å². The van der Waals surface area contributed by atoms with Crippen LogP contribution in [0.1, 0.15) is 12.0 Å². The lowest BCUT2D eigenvalue weighted by Gasteiger charge is -2.11. The summed E-state index contributed by atoms with van der Waals surface area (Å²) < 4.78 is 39.3. The zero-order chi connectivity index (χ0) is 12.4. The zero-order valence-corrected chi connectivity index (χ0v) is 10.2. The van der Waals surface area contributed by atoms with E-state index in [2.05, 4.69) is 15.9 Å². The molecule has 0 spiro atoms. The Kier molecular flexibility index (Phi) is 3.52. The Balaban J connectivity index is 2.63. The molecule has 0 amide bonds. The molecule has 0 radical (unpaired) electrons. The molecule has 0 N–H and O–H groups in total. The fraction of sp³-hybridized carbons (Fsp3) is 0.0769. The van der Waals surface area contributed by atoms with E-state index in [0.717, 1.165) is 0 Å². The van der Waals surface area contributed by atoms with Crippen molar-refractivity contribution in [3.05, 3.63) is 58.3 Å². The summed E-state index contributed by atoms with van der Waals surface area (Å²) in [5, 5.41) is 0. The first-order chi connectivity index (χ1) is 8.09. The molecule has 0 aromatic heterocycles. The Morgan fingerprint density at radius 3 is 2.35 bits per heavy atom. The molecular weight excluding hydrogens is 293 g/mol. The third-order valence-electron chi connectivity index (χ3n) is 2.41. The highest BCUT2D eigenvalue weighted by atomic mass is 79.9. The number of benzene rings is 2. The van der Waals surface area contributed by atoms with Crippen LogP contribution in [0.25, 0.3) is 11.1 Å². The van der Waals surface area contributed by atoms with Crippen molar-refractivity contribution in [2.75, 3.05) is 0 Å². The van der Waals surface area contributed by atoms with Crippen LogP contribution in [-0.4, -0.2) is 0 Å². The highest BCUT2D eigenvalue weighted by molar-refractivity contribution is 9.10. The van der Waals surface area contributed by atoms with Gasteiger partial charge >= 0.3 is 0 Å². The summed E-state index contributed by atoms with van der Waals surface area (Å²) in [5.74, 6) is -0.442. The van der Waals surface area contributed by atoms with Crippen molar-refractivity contribution in [3.63, 3.8) is 0 Å². The van der Waals surface area contributed by atoms with Gasteiger partial charge in [-0.2, -0.15) is 0 Å². The number of hydrogen-bond donors (Lipinski definition) is 0. The van der Waals surface area contributed by atoms with E-state index in [-0.39, 0.29) is 5.56 Å². The van der Waals surface area contributed by atoms with Crippen molar-refractivity contribution in [2.45, 2.75) is 6.43 Å². The lowest BCUT2D eigenvalue weighted by atomic mass is 10.00. The molecule has 17 heavy (non-hydrogen) atoms. The van der Waals surface area contributed by atoms with Crippen LogP contribution in [0, 0.1) is 5.82 Å². The van der Waals surface area contributed by atoms with E-state index >= 15 is 0 Å². The predicted molar refractivity (Wildman–Crippen MR) is 64.5 cm³/mol. The molecule has 2 rings (SSSR count). The maximum absolute atomic E-state index is 13.1. The first-order valence-corrected chi connectivity index (χ1v) is 5.71. The van der Waals surface area contributed by atoms with Gasteiger partial charge in [-0.05, 0) is 29.3 Å². The Hall–Kier alpha value is -1.29. The molecule has 0 bridgehead atoms. The summed E-state index contributed by atoms with van der Waals surface area (Å²) in [6.45, 7) is 0. The molecule has 4 heteroatoms. The first kappa shape index (κ1) is 12.2. The van der Waals surface area contributed by atoms with E-state index < -0.39 is 12.2 Å². The van der Waals surface area contributed by atoms with Gasteiger partial charge in [-0.3, -0.25) is 0 Å². The molecule has 0 aliphatic carbocycles. The van der Waals surface area contributed by atoms with E-state index in [9.17, 15) is 13.2 Å². The summed E-state index contributed by atoms with van der Waals surface area (Å²) in [7, 11) is 0. The van der Waals surface area contributed by atoms with Crippen LogP contribution >= 0.6 is 15.9 Å². The molecule has 0 atom stereocenters. The fourth-order valence-corrected chi connectivity index (χ4v) is 2.21. The minimum Gasteiger partial charge on any atom is -0.207 e. The normalized spacial score (nSPS) is 10.9. The Morgan fingerprint density at radius 2 is 1.71 bits per heavy atom. The lowest BCUT2D eigenvalue weighted by molar-refractivity contribution is 0.151. The molecule has 88 valence electrons. The monoisotopic (exact) mass is 300 g/mol. The fourth-order valence-electron chi connectivity index (χ4n) is 1.67. The minimum atomic E-state index is -2.61. The van der Waals surface area contributed by atoms with Crippen molar-refractivity contribution in [1.82, 2.24) is 0 Å². The van der Waals surface area contributed by atoms with Crippen molar-refractivity contribution < 1.29 is 13.2 Å². The second-order valence-corrected chi connectivity index (χ2v) is 4.37. The standard InChI is InChI=1S/C13H8BrF3/c14-11-6-2-5-10(12(11)13(16)17)8-3-1-4-9(15)7-8/h1-7,13H. The molecule has 0 unspecified atom stereocenters. The van der Waals surface area contributed by atoms with Crippen molar-refractivity contribution in [1.29, 1.82) is 0 Å². The molecule has 0 nitrogen and oxygen atoms in total. The Bertz CT molecular complexity index is 538. The Morgan fingerprint density at radius 1 is 1.00 bits per heavy atom. The second-order valence-electron chi connectivity index (χ2n) is 3.51. The average molecular weight is 301 g/mol. The van der Waals surface area contributed by atoms with Crippen LogP contribution in [-0.2, 0) is 0 Å². The van der Waals surface area contributed by atoms with E-state index in [4.69, 9.17) is 0 Å². The molecule has 0 saturated carbocycles. The predicted octanol–water partition coefficient (Wildman–Crippen LogP) is 5.19. The topological polar surface area (TPSA) is 0 Å². The van der Waals surface area contributed by atoms with Crippen LogP contribution in [0.5, 0.6) is 0 Å². The molecule has 0 aliphatic heterocycles. The molecule has 0 saturated heterocycles. The average Bonchev–Trinajstić information content (AvgIpc) is 2.28. The van der Waals surface area contributed by atoms with Gasteiger partial charge in [0.15, 0.2) is 0 Å². The summed E-state index contributed by atoms with van der Waals surface area (Å²) in [5.41, 5.74) is 0.675. The number of halogens is 4. The molecule has 0 fully saturated rings. The largest absolute Gasteiger partial charge is 0.265 e. The van der Waals surface area contributed by atoms with E-state index in [1.165, 1.54) is 18.2 Å². The smallest absolute Gasteiger partial charge is 0.207 e. The quantitative estimate of drug-likeness (QED) is 0.716. The van der Waals surface area contributed by atoms with E-state index in [1.54, 1.807) is 24.3 Å². The molecule has 0 heterocycles. The minimum absolute atomic E-state index is 0.113. The summed E-state index contributed by atoms with van der Waals surface area (Å²) in [6.07, 6.45) is -2.61. The van der Waals surface area contributed by atoms with E-state index in [0.29, 0.717) is 15.6 Å². The van der Waals surface area contributed by atoms with Crippen LogP contribution in [0.2, 0.25) is 0 Å². The van der Waals surface area contributed by atoms with Gasteiger partial charge in [-0.1, -0.05) is 40.2 Å². The summed E-state index contributed by atoms with van der Waals surface area (Å²) in [4.78, 5) is 0. The number of rotatable bonds is 2. The van der Waals surface area contributed by atoms with Gasteiger partial charge in [0.05, 0.1) is 0 Å². The lowest BCUT2D eigenvalue weighted by Crippen LogP contribution is -1.92. The maximum Gasteiger partial charge on any atom is 0.265 e. The molecule has 2 aromatic rings. The highest BCUT2D eigenvalue weighted by Crippen LogP contribution is 2.36. The van der Waals surface area contributed by atoms with Gasteiger partial charge < -0.3 is 0 Å². The molecular formula is C13H8BrF3. The van der Waals surface area contributed by atoms with Gasteiger partial charge in [-0.25, -0.2) is 13.2 Å². The second kappa shape index (κ2) is 4.92. The third-order valence-corrected chi connectivity index (χ3v) is 3.10. The molecule has 0 aliphatic rings. The number of alkyl halides is 2. The van der Waals surface area contributed by atoms with Crippen LogP contribution < -0.4 is 0 Å². The van der Waals surface area contributed by atoms with Gasteiger partial charge in [0.1, 0.15) is 5.82 Å². The summed E-state index contributed by atoms with van der Waals surface area (Å²) >= 11 is 3.09. The highest BCUT2D eigenvalue weighted by Gasteiger charge is 2.17. The van der Waals surface area contributed by atoms with Gasteiger partial charge in [-0.15, -0.1) is 0 Å². The van der Waals surface area contributed by atoms with Crippen LogP contribution in [0.4, 0.5) is 13.2 Å².